The van der Waals surface area contributed by atoms with Crippen molar-refractivity contribution >= 4 is 5.91 Å². The van der Waals surface area contributed by atoms with Crippen LogP contribution >= 0.6 is 0 Å². The van der Waals surface area contributed by atoms with Gasteiger partial charge in [-0.05, 0) is 30.4 Å². The van der Waals surface area contributed by atoms with Crippen molar-refractivity contribution in [1.82, 2.24) is 10.2 Å². The molecule has 0 aliphatic carbocycles. The summed E-state index contributed by atoms with van der Waals surface area (Å²) in [6, 6.07) is 8.09. The predicted molar refractivity (Wildman–Crippen MR) is 82.5 cm³/mol. The molecular weight excluding hydrogens is 264 g/mol. The molecule has 1 N–H and O–H groups in total. The Bertz CT molecular complexity index is 533. The fraction of sp³-hybridized carbons (Fsp3) is 0.471. The second-order valence-electron chi connectivity index (χ2n) is 5.66. The summed E-state index contributed by atoms with van der Waals surface area (Å²) in [6.07, 6.45) is 5.99. The molecule has 3 rings (SSSR count). The van der Waals surface area contributed by atoms with Crippen LogP contribution in [-0.2, 0) is 4.79 Å². The van der Waals surface area contributed by atoms with Crippen LogP contribution in [0.25, 0.3) is 0 Å². The molecule has 0 saturated carbocycles. The van der Waals surface area contributed by atoms with Gasteiger partial charge in [-0.2, -0.15) is 0 Å². The number of hydrogen-bond donors (Lipinski definition) is 1. The van der Waals surface area contributed by atoms with Gasteiger partial charge in [-0.3, -0.25) is 10.1 Å². The summed E-state index contributed by atoms with van der Waals surface area (Å²) in [6.45, 7) is 2.45. The Hall–Kier alpha value is -1.81. The van der Waals surface area contributed by atoms with Crippen molar-refractivity contribution in [3.63, 3.8) is 0 Å². The molecule has 2 heterocycles. The first-order valence-corrected chi connectivity index (χ1v) is 7.61. The Labute approximate surface area is 125 Å². The molecule has 2 aliphatic heterocycles. The molecule has 1 saturated heterocycles. The molecule has 0 bridgehead atoms. The van der Waals surface area contributed by atoms with Crippen LogP contribution < -0.4 is 10.1 Å². The van der Waals surface area contributed by atoms with Crippen molar-refractivity contribution in [2.24, 2.45) is 0 Å². The highest BCUT2D eigenvalue weighted by atomic mass is 16.5. The molecule has 1 aromatic carbocycles. The second kappa shape index (κ2) is 6.31. The molecule has 0 aromatic heterocycles. The van der Waals surface area contributed by atoms with Gasteiger partial charge in [0.1, 0.15) is 11.8 Å². The first kappa shape index (κ1) is 14.1. The van der Waals surface area contributed by atoms with Gasteiger partial charge in [0, 0.05) is 19.6 Å². The number of methoxy groups -OCH3 is 1. The standard InChI is InChI=1S/C17H22N2O2/c1-21-16-7-3-2-5-14(16)13-8-11-19(12-9-13)17(20)15-6-4-10-18-15/h2-7,13,15,18H,8-12H2,1H3. The zero-order valence-corrected chi connectivity index (χ0v) is 12.4. The van der Waals surface area contributed by atoms with E-state index >= 15 is 0 Å². The number of nitrogens with one attached hydrogen (secondary N) is 1. The summed E-state index contributed by atoms with van der Waals surface area (Å²) < 4.78 is 5.45. The number of rotatable bonds is 3. The van der Waals surface area contributed by atoms with Gasteiger partial charge in [0.15, 0.2) is 0 Å². The zero-order valence-electron chi connectivity index (χ0n) is 12.4. The Morgan fingerprint density at radius 1 is 1.29 bits per heavy atom. The number of piperidine rings is 1. The molecule has 1 aromatic rings. The third-order valence-electron chi connectivity index (χ3n) is 4.44. The van der Waals surface area contributed by atoms with Gasteiger partial charge in [-0.1, -0.05) is 30.4 Å². The maximum absolute atomic E-state index is 12.4. The molecule has 1 fully saturated rings. The molecule has 112 valence electrons. The Balaban J connectivity index is 1.62. The largest absolute Gasteiger partial charge is 0.496 e. The van der Waals surface area contributed by atoms with Crippen LogP contribution in [-0.4, -0.2) is 43.6 Å². The van der Waals surface area contributed by atoms with E-state index in [-0.39, 0.29) is 11.9 Å². The highest BCUT2D eigenvalue weighted by Crippen LogP contribution is 2.34. The number of amides is 1. The van der Waals surface area contributed by atoms with E-state index in [2.05, 4.69) is 17.4 Å². The highest BCUT2D eigenvalue weighted by Gasteiger charge is 2.29. The average molecular weight is 286 g/mol. The molecule has 1 amide bonds. The number of hydrogen-bond acceptors (Lipinski definition) is 3. The second-order valence-corrected chi connectivity index (χ2v) is 5.66. The molecule has 1 atom stereocenters. The fourth-order valence-electron chi connectivity index (χ4n) is 3.25. The molecule has 4 nitrogen and oxygen atoms in total. The van der Waals surface area contributed by atoms with Gasteiger partial charge in [-0.15, -0.1) is 0 Å². The molecule has 2 aliphatic rings. The van der Waals surface area contributed by atoms with Crippen LogP contribution in [0.2, 0.25) is 0 Å². The fourth-order valence-corrected chi connectivity index (χ4v) is 3.25. The van der Waals surface area contributed by atoms with Crippen molar-refractivity contribution < 1.29 is 9.53 Å². The smallest absolute Gasteiger partial charge is 0.243 e. The number of carbonyl (C=O) groups is 1. The maximum Gasteiger partial charge on any atom is 0.243 e. The third kappa shape index (κ3) is 2.95. The van der Waals surface area contributed by atoms with Gasteiger partial charge in [-0.25, -0.2) is 0 Å². The third-order valence-corrected chi connectivity index (χ3v) is 4.44. The normalized spacial score (nSPS) is 22.5. The van der Waals surface area contributed by atoms with Crippen molar-refractivity contribution in [2.75, 3.05) is 26.7 Å². The summed E-state index contributed by atoms with van der Waals surface area (Å²) in [5.41, 5.74) is 1.27. The van der Waals surface area contributed by atoms with Crippen LogP contribution in [0.1, 0.15) is 24.3 Å². The van der Waals surface area contributed by atoms with Gasteiger partial charge in [0.2, 0.25) is 5.91 Å². The van der Waals surface area contributed by atoms with Crippen molar-refractivity contribution in [3.05, 3.63) is 42.0 Å². The van der Waals surface area contributed by atoms with Crippen LogP contribution in [0.4, 0.5) is 0 Å². The summed E-state index contributed by atoms with van der Waals surface area (Å²) in [5, 5.41) is 3.19. The van der Waals surface area contributed by atoms with Crippen molar-refractivity contribution in [3.8, 4) is 5.75 Å². The average Bonchev–Trinajstić information content (AvgIpc) is 3.09. The molecule has 0 spiro atoms. The lowest BCUT2D eigenvalue weighted by Crippen LogP contribution is -2.46. The number of ether oxygens (including phenoxy) is 1. The van der Waals surface area contributed by atoms with E-state index in [0.29, 0.717) is 5.92 Å². The van der Waals surface area contributed by atoms with E-state index in [9.17, 15) is 4.79 Å². The molecule has 0 radical (unpaired) electrons. The van der Waals surface area contributed by atoms with E-state index < -0.39 is 0 Å². The Morgan fingerprint density at radius 2 is 2.05 bits per heavy atom. The summed E-state index contributed by atoms with van der Waals surface area (Å²) in [5.74, 6) is 1.65. The number of likely N-dealkylation sites (tertiary alicyclic amines) is 1. The van der Waals surface area contributed by atoms with E-state index in [1.807, 2.05) is 29.2 Å². The minimum atomic E-state index is -0.118. The lowest BCUT2D eigenvalue weighted by atomic mass is 9.88. The van der Waals surface area contributed by atoms with Crippen molar-refractivity contribution in [1.29, 1.82) is 0 Å². The van der Waals surface area contributed by atoms with Gasteiger partial charge in [0.05, 0.1) is 7.11 Å². The first-order valence-electron chi connectivity index (χ1n) is 7.61. The zero-order chi connectivity index (χ0) is 14.7. The SMILES string of the molecule is COc1ccccc1C1CCN(C(=O)C2C=CCN2)CC1. The molecular formula is C17H22N2O2. The monoisotopic (exact) mass is 286 g/mol. The minimum Gasteiger partial charge on any atom is -0.496 e. The van der Waals surface area contributed by atoms with Gasteiger partial charge < -0.3 is 9.64 Å². The Kier molecular flexibility index (Phi) is 4.25. The number of carbonyl (C=O) groups excluding carboxylic acids is 1. The quantitative estimate of drug-likeness (QED) is 0.863. The Morgan fingerprint density at radius 3 is 2.71 bits per heavy atom. The van der Waals surface area contributed by atoms with E-state index in [1.54, 1.807) is 7.11 Å². The van der Waals surface area contributed by atoms with Gasteiger partial charge >= 0.3 is 0 Å². The molecule has 21 heavy (non-hydrogen) atoms. The lowest BCUT2D eigenvalue weighted by Gasteiger charge is -2.34. The topological polar surface area (TPSA) is 41.6 Å². The van der Waals surface area contributed by atoms with E-state index in [1.165, 1.54) is 5.56 Å². The van der Waals surface area contributed by atoms with Crippen LogP contribution in [0.3, 0.4) is 0 Å². The predicted octanol–water partition coefficient (Wildman–Crippen LogP) is 1.93. The van der Waals surface area contributed by atoms with E-state index in [4.69, 9.17) is 4.74 Å². The number of para-hydroxylation sites is 1. The number of nitrogens with zero attached hydrogens (tertiary/aromatic N) is 1. The summed E-state index contributed by atoms with van der Waals surface area (Å²) in [4.78, 5) is 14.3. The maximum atomic E-state index is 12.4. The molecule has 1 unspecified atom stereocenters. The molecule has 4 heteroatoms. The summed E-state index contributed by atoms with van der Waals surface area (Å²) in [7, 11) is 1.72. The van der Waals surface area contributed by atoms with Crippen LogP contribution in [0.5, 0.6) is 5.75 Å². The number of benzene rings is 1. The lowest BCUT2D eigenvalue weighted by molar-refractivity contribution is -0.133. The first-order chi connectivity index (χ1) is 10.3. The highest BCUT2D eigenvalue weighted by molar-refractivity contribution is 5.84. The van der Waals surface area contributed by atoms with Crippen LogP contribution in [0, 0.1) is 0 Å². The van der Waals surface area contributed by atoms with Crippen LogP contribution in [0.15, 0.2) is 36.4 Å². The van der Waals surface area contributed by atoms with Gasteiger partial charge in [0.25, 0.3) is 0 Å². The van der Waals surface area contributed by atoms with E-state index in [0.717, 1.165) is 38.2 Å². The summed E-state index contributed by atoms with van der Waals surface area (Å²) >= 11 is 0. The van der Waals surface area contributed by atoms with Crippen molar-refractivity contribution in [2.45, 2.75) is 24.8 Å². The minimum absolute atomic E-state index is 0.118.